The number of carboxylic acid groups (broad SMARTS) is 1. The lowest BCUT2D eigenvalue weighted by atomic mass is 10.2. The highest BCUT2D eigenvalue weighted by Gasteiger charge is 2.12. The van der Waals surface area contributed by atoms with Gasteiger partial charge in [0.15, 0.2) is 0 Å². The Hall–Kier alpha value is -1.82. The molecule has 1 rings (SSSR count). The predicted molar refractivity (Wildman–Crippen MR) is 75.4 cm³/mol. The number of anilines is 1. The third kappa shape index (κ3) is 6.05. The summed E-state index contributed by atoms with van der Waals surface area (Å²) in [5.41, 5.74) is 1.04. The Labute approximate surface area is 113 Å². The predicted octanol–water partition coefficient (Wildman–Crippen LogP) is 2.18. The molecule has 0 aliphatic carbocycles. The molecule has 0 aliphatic rings. The van der Waals surface area contributed by atoms with Gasteiger partial charge in [0.25, 0.3) is 0 Å². The van der Waals surface area contributed by atoms with Gasteiger partial charge < -0.3 is 5.11 Å². The lowest BCUT2D eigenvalue weighted by Crippen LogP contribution is -2.20. The molecule has 0 saturated heterocycles. The zero-order chi connectivity index (χ0) is 14.5. The van der Waals surface area contributed by atoms with Gasteiger partial charge in [0.2, 0.25) is 10.0 Å². The first kappa shape index (κ1) is 15.2. The van der Waals surface area contributed by atoms with E-state index in [9.17, 15) is 13.2 Å². The third-order valence-electron chi connectivity index (χ3n) is 2.13. The molecule has 1 aromatic carbocycles. The van der Waals surface area contributed by atoms with Gasteiger partial charge in [-0.15, -0.1) is 0 Å². The highest BCUT2D eigenvalue weighted by Crippen LogP contribution is 2.14. The minimum absolute atomic E-state index is 0.0348. The van der Waals surface area contributed by atoms with E-state index in [1.54, 1.807) is 24.3 Å². The van der Waals surface area contributed by atoms with Gasteiger partial charge >= 0.3 is 5.97 Å². The van der Waals surface area contributed by atoms with Gasteiger partial charge in [0.05, 0.1) is 5.75 Å². The fourth-order valence-electron chi connectivity index (χ4n) is 1.53. The topological polar surface area (TPSA) is 83.5 Å². The molecule has 0 spiro atoms. The highest BCUT2D eigenvalue weighted by molar-refractivity contribution is 7.92. The molecule has 0 unspecified atom stereocenters. The van der Waals surface area contributed by atoms with Crippen LogP contribution in [0.15, 0.2) is 30.3 Å². The van der Waals surface area contributed by atoms with Crippen LogP contribution in [0.1, 0.15) is 19.4 Å². The van der Waals surface area contributed by atoms with Crippen molar-refractivity contribution in [3.63, 3.8) is 0 Å². The summed E-state index contributed by atoms with van der Waals surface area (Å²) in [6.07, 6.45) is 2.41. The largest absolute Gasteiger partial charge is 0.478 e. The molecule has 0 bridgehead atoms. The van der Waals surface area contributed by atoms with Crippen LogP contribution in [0.2, 0.25) is 0 Å². The normalized spacial score (nSPS) is 11.9. The van der Waals surface area contributed by atoms with Crippen LogP contribution in [-0.4, -0.2) is 25.2 Å². The van der Waals surface area contributed by atoms with Crippen molar-refractivity contribution in [2.45, 2.75) is 13.8 Å². The van der Waals surface area contributed by atoms with E-state index in [1.165, 1.54) is 6.08 Å². The number of rotatable bonds is 6. The average Bonchev–Trinajstić information content (AvgIpc) is 2.24. The second-order valence-electron chi connectivity index (χ2n) is 4.57. The zero-order valence-corrected chi connectivity index (χ0v) is 11.6. The van der Waals surface area contributed by atoms with Gasteiger partial charge in [0.1, 0.15) is 0 Å². The Balaban J connectivity index is 2.86. The summed E-state index contributed by atoms with van der Waals surface area (Å²) >= 11 is 0. The van der Waals surface area contributed by atoms with Gasteiger partial charge in [-0.05, 0) is 29.7 Å². The van der Waals surface area contributed by atoms with E-state index in [0.29, 0.717) is 11.3 Å². The van der Waals surface area contributed by atoms with Crippen molar-refractivity contribution in [2.75, 3.05) is 10.5 Å². The Morgan fingerprint density at radius 1 is 1.42 bits per heavy atom. The van der Waals surface area contributed by atoms with Crippen LogP contribution in [0.4, 0.5) is 5.69 Å². The van der Waals surface area contributed by atoms with Gasteiger partial charge in [-0.2, -0.15) is 0 Å². The van der Waals surface area contributed by atoms with Crippen molar-refractivity contribution in [1.29, 1.82) is 0 Å². The summed E-state index contributed by atoms with van der Waals surface area (Å²) in [5.74, 6) is -0.972. The number of carbonyl (C=O) groups is 1. The van der Waals surface area contributed by atoms with Crippen molar-refractivity contribution in [3.8, 4) is 0 Å². The molecule has 0 saturated carbocycles. The van der Waals surface area contributed by atoms with Crippen molar-refractivity contribution in [1.82, 2.24) is 0 Å². The summed E-state index contributed by atoms with van der Waals surface area (Å²) in [4.78, 5) is 10.4. The molecule has 0 fully saturated rings. The molecular weight excluding hydrogens is 266 g/mol. The van der Waals surface area contributed by atoms with Crippen LogP contribution in [0.5, 0.6) is 0 Å². The van der Waals surface area contributed by atoms with E-state index in [4.69, 9.17) is 5.11 Å². The Bertz CT molecular complexity index is 576. The maximum absolute atomic E-state index is 11.8. The lowest BCUT2D eigenvalue weighted by molar-refractivity contribution is -0.131. The zero-order valence-electron chi connectivity index (χ0n) is 10.8. The van der Waals surface area contributed by atoms with Crippen molar-refractivity contribution < 1.29 is 18.3 Å². The molecule has 6 heteroatoms. The Morgan fingerprint density at radius 2 is 2.11 bits per heavy atom. The molecule has 5 nitrogen and oxygen atoms in total. The van der Waals surface area contributed by atoms with E-state index in [0.717, 1.165) is 6.08 Å². The summed E-state index contributed by atoms with van der Waals surface area (Å²) < 4.78 is 26.0. The number of hydrogen-bond donors (Lipinski definition) is 2. The molecule has 2 N–H and O–H groups in total. The van der Waals surface area contributed by atoms with Crippen molar-refractivity contribution >= 4 is 27.8 Å². The Morgan fingerprint density at radius 3 is 2.68 bits per heavy atom. The maximum Gasteiger partial charge on any atom is 0.328 e. The molecule has 0 aliphatic heterocycles. The molecule has 1 aromatic rings. The quantitative estimate of drug-likeness (QED) is 0.784. The number of benzene rings is 1. The highest BCUT2D eigenvalue weighted by atomic mass is 32.2. The summed E-state index contributed by atoms with van der Waals surface area (Å²) in [6.45, 7) is 3.65. The van der Waals surface area contributed by atoms with E-state index in [1.807, 2.05) is 13.8 Å². The lowest BCUT2D eigenvalue weighted by Gasteiger charge is -2.10. The average molecular weight is 283 g/mol. The fourth-order valence-corrected chi connectivity index (χ4v) is 2.98. The minimum atomic E-state index is -3.37. The first-order valence-corrected chi connectivity index (χ1v) is 7.45. The number of hydrogen-bond acceptors (Lipinski definition) is 3. The van der Waals surface area contributed by atoms with Crippen LogP contribution < -0.4 is 4.72 Å². The van der Waals surface area contributed by atoms with Gasteiger partial charge in [-0.25, -0.2) is 13.2 Å². The van der Waals surface area contributed by atoms with Crippen LogP contribution >= 0.6 is 0 Å². The molecule has 0 radical (unpaired) electrons. The number of sulfonamides is 1. The van der Waals surface area contributed by atoms with E-state index in [2.05, 4.69) is 4.72 Å². The molecule has 0 atom stereocenters. The summed E-state index contributed by atoms with van der Waals surface area (Å²) in [7, 11) is -3.37. The fraction of sp³-hybridized carbons (Fsp3) is 0.308. The maximum atomic E-state index is 11.8. The molecule has 104 valence electrons. The SMILES string of the molecule is CC(C)CS(=O)(=O)Nc1cccc(/C=C/C(=O)O)c1. The molecule has 19 heavy (non-hydrogen) atoms. The van der Waals surface area contributed by atoms with Crippen LogP contribution in [0, 0.1) is 5.92 Å². The molecule has 0 aromatic heterocycles. The summed E-state index contributed by atoms with van der Waals surface area (Å²) in [5, 5.41) is 8.53. The van der Waals surface area contributed by atoms with E-state index >= 15 is 0 Å². The van der Waals surface area contributed by atoms with Crippen LogP contribution in [0.25, 0.3) is 6.08 Å². The monoisotopic (exact) mass is 283 g/mol. The Kier molecular flexibility index (Phi) is 5.11. The van der Waals surface area contributed by atoms with Gasteiger partial charge in [0, 0.05) is 11.8 Å². The van der Waals surface area contributed by atoms with Gasteiger partial charge in [-0.1, -0.05) is 26.0 Å². The smallest absolute Gasteiger partial charge is 0.328 e. The van der Waals surface area contributed by atoms with Crippen molar-refractivity contribution in [2.24, 2.45) is 5.92 Å². The second kappa shape index (κ2) is 6.38. The van der Waals surface area contributed by atoms with Crippen molar-refractivity contribution in [3.05, 3.63) is 35.9 Å². The summed E-state index contributed by atoms with van der Waals surface area (Å²) in [6, 6.07) is 6.56. The number of aliphatic carboxylic acids is 1. The minimum Gasteiger partial charge on any atom is -0.478 e. The first-order valence-electron chi connectivity index (χ1n) is 5.80. The van der Waals surface area contributed by atoms with Crippen LogP contribution in [-0.2, 0) is 14.8 Å². The van der Waals surface area contributed by atoms with Crippen LogP contribution in [0.3, 0.4) is 0 Å². The number of nitrogens with one attached hydrogen (secondary N) is 1. The second-order valence-corrected chi connectivity index (χ2v) is 6.34. The van der Waals surface area contributed by atoms with Gasteiger partial charge in [-0.3, -0.25) is 4.72 Å². The number of carboxylic acids is 1. The molecule has 0 heterocycles. The first-order chi connectivity index (χ1) is 8.78. The molecular formula is C13H17NO4S. The standard InChI is InChI=1S/C13H17NO4S/c1-10(2)9-19(17,18)14-12-5-3-4-11(8-12)6-7-13(15)16/h3-8,10,14H,9H2,1-2H3,(H,15,16)/b7-6+. The molecule has 0 amide bonds. The van der Waals surface area contributed by atoms with E-state index < -0.39 is 16.0 Å². The van der Waals surface area contributed by atoms with E-state index in [-0.39, 0.29) is 11.7 Å². The third-order valence-corrected chi connectivity index (χ3v) is 3.78.